The minimum absolute atomic E-state index is 0.575. The Morgan fingerprint density at radius 3 is 2.50 bits per heavy atom. The minimum Gasteiger partial charge on any atom is -0.381 e. The molecule has 0 spiro atoms. The summed E-state index contributed by atoms with van der Waals surface area (Å²) >= 11 is 0. The second-order valence-corrected chi connectivity index (χ2v) is 4.83. The molecule has 0 radical (unpaired) electrons. The second kappa shape index (κ2) is 5.46. The van der Waals surface area contributed by atoms with Crippen LogP contribution < -0.4 is 5.73 Å². The first kappa shape index (κ1) is 11.6. The molecule has 2 N–H and O–H groups in total. The summed E-state index contributed by atoms with van der Waals surface area (Å²) in [7, 11) is 0. The predicted molar refractivity (Wildman–Crippen MR) is 66.5 cm³/mol. The Morgan fingerprint density at radius 1 is 1.31 bits per heavy atom. The standard InChI is InChI=1S/C14H21NO/c1-11(6-7-15)14-4-2-12(3-5-14)8-13-9-16-10-13/h2-5,11,13H,6-10,15H2,1H3. The fourth-order valence-corrected chi connectivity index (χ4v) is 2.13. The van der Waals surface area contributed by atoms with E-state index in [1.165, 1.54) is 11.1 Å². The van der Waals surface area contributed by atoms with Gasteiger partial charge in [0.2, 0.25) is 0 Å². The first-order valence-corrected chi connectivity index (χ1v) is 6.16. The summed E-state index contributed by atoms with van der Waals surface area (Å²) in [5.74, 6) is 1.32. The molecule has 88 valence electrons. The Bertz CT molecular complexity index is 316. The zero-order chi connectivity index (χ0) is 11.4. The van der Waals surface area contributed by atoms with Crippen molar-refractivity contribution in [3.63, 3.8) is 0 Å². The van der Waals surface area contributed by atoms with Gasteiger partial charge in [0.25, 0.3) is 0 Å². The van der Waals surface area contributed by atoms with Gasteiger partial charge in [0.1, 0.15) is 0 Å². The molecule has 0 aromatic heterocycles. The molecule has 1 heterocycles. The van der Waals surface area contributed by atoms with Crippen molar-refractivity contribution in [3.05, 3.63) is 35.4 Å². The monoisotopic (exact) mass is 219 g/mol. The van der Waals surface area contributed by atoms with Crippen LogP contribution in [0.3, 0.4) is 0 Å². The molecule has 0 bridgehead atoms. The molecular weight excluding hydrogens is 198 g/mol. The van der Waals surface area contributed by atoms with Gasteiger partial charge in [-0.15, -0.1) is 0 Å². The van der Waals surface area contributed by atoms with Crippen LogP contribution in [0.1, 0.15) is 30.4 Å². The van der Waals surface area contributed by atoms with Crippen molar-refractivity contribution in [2.24, 2.45) is 11.7 Å². The summed E-state index contributed by atoms with van der Waals surface area (Å²) in [5.41, 5.74) is 8.40. The van der Waals surface area contributed by atoms with E-state index in [1.54, 1.807) is 0 Å². The predicted octanol–water partition coefficient (Wildman–Crippen LogP) is 2.33. The molecule has 0 amide bonds. The Labute approximate surface area is 97.8 Å². The molecule has 1 aromatic carbocycles. The van der Waals surface area contributed by atoms with Gasteiger partial charge in [-0.05, 0) is 36.4 Å². The third-order valence-corrected chi connectivity index (χ3v) is 3.38. The van der Waals surface area contributed by atoms with Crippen molar-refractivity contribution < 1.29 is 4.74 Å². The fraction of sp³-hybridized carbons (Fsp3) is 0.571. The lowest BCUT2D eigenvalue weighted by atomic mass is 9.93. The fourth-order valence-electron chi connectivity index (χ4n) is 2.13. The van der Waals surface area contributed by atoms with Crippen LogP contribution in [0.15, 0.2) is 24.3 Å². The molecule has 1 aliphatic rings. The van der Waals surface area contributed by atoms with Gasteiger partial charge < -0.3 is 10.5 Å². The van der Waals surface area contributed by atoms with E-state index in [2.05, 4.69) is 31.2 Å². The summed E-state index contributed by atoms with van der Waals surface area (Å²) in [6.45, 7) is 4.88. The van der Waals surface area contributed by atoms with Crippen molar-refractivity contribution in [2.45, 2.75) is 25.7 Å². The number of hydrogen-bond donors (Lipinski definition) is 1. The van der Waals surface area contributed by atoms with E-state index in [4.69, 9.17) is 10.5 Å². The molecule has 1 saturated heterocycles. The third kappa shape index (κ3) is 2.83. The highest BCUT2D eigenvalue weighted by Crippen LogP contribution is 2.21. The minimum atomic E-state index is 0.575. The summed E-state index contributed by atoms with van der Waals surface area (Å²) in [4.78, 5) is 0. The third-order valence-electron chi connectivity index (χ3n) is 3.38. The van der Waals surface area contributed by atoms with Crippen LogP contribution in [0.5, 0.6) is 0 Å². The molecule has 1 unspecified atom stereocenters. The van der Waals surface area contributed by atoms with Crippen LogP contribution in [0.4, 0.5) is 0 Å². The van der Waals surface area contributed by atoms with Gasteiger partial charge in [0.15, 0.2) is 0 Å². The molecule has 2 rings (SSSR count). The van der Waals surface area contributed by atoms with Gasteiger partial charge in [-0.3, -0.25) is 0 Å². The smallest absolute Gasteiger partial charge is 0.0519 e. The lowest BCUT2D eigenvalue weighted by Gasteiger charge is -2.26. The van der Waals surface area contributed by atoms with Crippen molar-refractivity contribution >= 4 is 0 Å². The van der Waals surface area contributed by atoms with Gasteiger partial charge >= 0.3 is 0 Å². The number of benzene rings is 1. The van der Waals surface area contributed by atoms with Crippen LogP contribution in [0.25, 0.3) is 0 Å². The highest BCUT2D eigenvalue weighted by Gasteiger charge is 2.18. The Morgan fingerprint density at radius 2 is 2.00 bits per heavy atom. The highest BCUT2D eigenvalue weighted by atomic mass is 16.5. The van der Waals surface area contributed by atoms with E-state index in [-0.39, 0.29) is 0 Å². The molecule has 0 saturated carbocycles. The summed E-state index contributed by atoms with van der Waals surface area (Å²) < 4.78 is 5.19. The first-order valence-electron chi connectivity index (χ1n) is 6.16. The number of nitrogens with two attached hydrogens (primary N) is 1. The van der Waals surface area contributed by atoms with E-state index >= 15 is 0 Å². The van der Waals surface area contributed by atoms with Crippen LogP contribution >= 0.6 is 0 Å². The Hall–Kier alpha value is -0.860. The zero-order valence-electron chi connectivity index (χ0n) is 9.99. The molecule has 1 fully saturated rings. The Kier molecular flexibility index (Phi) is 3.97. The largest absolute Gasteiger partial charge is 0.381 e. The van der Waals surface area contributed by atoms with Crippen LogP contribution in [0.2, 0.25) is 0 Å². The number of ether oxygens (including phenoxy) is 1. The summed E-state index contributed by atoms with van der Waals surface area (Å²) in [5, 5.41) is 0. The maximum absolute atomic E-state index is 5.57. The molecule has 1 aromatic rings. The molecule has 1 aliphatic heterocycles. The van der Waals surface area contributed by atoms with Crippen molar-refractivity contribution in [1.29, 1.82) is 0 Å². The highest BCUT2D eigenvalue weighted by molar-refractivity contribution is 5.25. The lowest BCUT2D eigenvalue weighted by Crippen LogP contribution is -2.29. The summed E-state index contributed by atoms with van der Waals surface area (Å²) in [6.07, 6.45) is 2.22. The molecule has 0 aliphatic carbocycles. The van der Waals surface area contributed by atoms with Gasteiger partial charge in [-0.2, -0.15) is 0 Å². The zero-order valence-corrected chi connectivity index (χ0v) is 9.99. The van der Waals surface area contributed by atoms with Gasteiger partial charge in [-0.25, -0.2) is 0 Å². The maximum Gasteiger partial charge on any atom is 0.0519 e. The van der Waals surface area contributed by atoms with E-state index < -0.39 is 0 Å². The quantitative estimate of drug-likeness (QED) is 0.825. The molecular formula is C14H21NO. The number of rotatable bonds is 5. The van der Waals surface area contributed by atoms with E-state index in [9.17, 15) is 0 Å². The van der Waals surface area contributed by atoms with E-state index in [1.807, 2.05) is 0 Å². The average molecular weight is 219 g/mol. The lowest BCUT2D eigenvalue weighted by molar-refractivity contribution is -0.0312. The molecule has 16 heavy (non-hydrogen) atoms. The Balaban J connectivity index is 1.92. The van der Waals surface area contributed by atoms with Gasteiger partial charge in [-0.1, -0.05) is 31.2 Å². The summed E-state index contributed by atoms with van der Waals surface area (Å²) in [6, 6.07) is 8.99. The topological polar surface area (TPSA) is 35.2 Å². The van der Waals surface area contributed by atoms with Crippen LogP contribution in [-0.4, -0.2) is 19.8 Å². The van der Waals surface area contributed by atoms with Crippen molar-refractivity contribution in [3.8, 4) is 0 Å². The average Bonchev–Trinajstić information content (AvgIpc) is 2.25. The van der Waals surface area contributed by atoms with E-state index in [0.29, 0.717) is 5.92 Å². The van der Waals surface area contributed by atoms with Gasteiger partial charge in [0, 0.05) is 5.92 Å². The SMILES string of the molecule is CC(CCN)c1ccc(CC2COC2)cc1. The van der Waals surface area contributed by atoms with Gasteiger partial charge in [0.05, 0.1) is 13.2 Å². The normalized spacial score (nSPS) is 18.1. The van der Waals surface area contributed by atoms with E-state index in [0.717, 1.165) is 38.5 Å². The van der Waals surface area contributed by atoms with Crippen LogP contribution in [-0.2, 0) is 11.2 Å². The maximum atomic E-state index is 5.57. The number of hydrogen-bond acceptors (Lipinski definition) is 2. The molecule has 1 atom stereocenters. The van der Waals surface area contributed by atoms with Crippen LogP contribution in [0, 0.1) is 5.92 Å². The molecule has 2 heteroatoms. The van der Waals surface area contributed by atoms with Crippen molar-refractivity contribution in [2.75, 3.05) is 19.8 Å². The molecule has 2 nitrogen and oxygen atoms in total. The second-order valence-electron chi connectivity index (χ2n) is 4.83. The van der Waals surface area contributed by atoms with Crippen molar-refractivity contribution in [1.82, 2.24) is 0 Å². The first-order chi connectivity index (χ1) is 7.79.